The molecule has 0 aliphatic carbocycles. The number of amides is 1. The van der Waals surface area contributed by atoms with Crippen molar-refractivity contribution in [2.75, 3.05) is 5.32 Å². The minimum absolute atomic E-state index is 0.00387. The SMILES string of the molecule is CC(=O)c1ccc(NC(=O)C(C)Sc2ccc3ccccc3n2)cc1. The van der Waals surface area contributed by atoms with Crippen molar-refractivity contribution < 1.29 is 9.59 Å². The van der Waals surface area contributed by atoms with Crippen LogP contribution in [0.5, 0.6) is 0 Å². The molecule has 0 spiro atoms. The number of benzene rings is 2. The average molecular weight is 350 g/mol. The second-order valence-electron chi connectivity index (χ2n) is 5.73. The summed E-state index contributed by atoms with van der Waals surface area (Å²) in [4.78, 5) is 28.2. The molecule has 3 rings (SSSR count). The first-order valence-electron chi connectivity index (χ1n) is 7.97. The molecule has 0 fully saturated rings. The normalized spacial score (nSPS) is 11.9. The van der Waals surface area contributed by atoms with E-state index in [4.69, 9.17) is 0 Å². The predicted molar refractivity (Wildman–Crippen MR) is 102 cm³/mol. The minimum Gasteiger partial charge on any atom is -0.325 e. The summed E-state index contributed by atoms with van der Waals surface area (Å²) in [6.07, 6.45) is 0. The maximum absolute atomic E-state index is 12.4. The zero-order valence-corrected chi connectivity index (χ0v) is 14.8. The molecule has 0 radical (unpaired) electrons. The Labute approximate surface area is 150 Å². The smallest absolute Gasteiger partial charge is 0.237 e. The lowest BCUT2D eigenvalue weighted by Crippen LogP contribution is -2.22. The third-order valence-electron chi connectivity index (χ3n) is 3.80. The van der Waals surface area contributed by atoms with Crippen LogP contribution in [0, 0.1) is 0 Å². The Balaban J connectivity index is 1.66. The van der Waals surface area contributed by atoms with E-state index >= 15 is 0 Å². The van der Waals surface area contributed by atoms with Gasteiger partial charge in [-0.15, -0.1) is 0 Å². The number of nitrogens with one attached hydrogen (secondary N) is 1. The van der Waals surface area contributed by atoms with Crippen LogP contribution in [0.1, 0.15) is 24.2 Å². The highest BCUT2D eigenvalue weighted by Crippen LogP contribution is 2.25. The van der Waals surface area contributed by atoms with Gasteiger partial charge in [-0.1, -0.05) is 36.0 Å². The summed E-state index contributed by atoms with van der Waals surface area (Å²) >= 11 is 1.42. The second-order valence-corrected chi connectivity index (χ2v) is 7.09. The Morgan fingerprint density at radius 1 is 1.00 bits per heavy atom. The van der Waals surface area contributed by atoms with Crippen LogP contribution in [0.2, 0.25) is 0 Å². The van der Waals surface area contributed by atoms with Crippen LogP contribution in [-0.2, 0) is 4.79 Å². The molecule has 1 aromatic heterocycles. The zero-order chi connectivity index (χ0) is 17.8. The quantitative estimate of drug-likeness (QED) is 0.541. The van der Waals surface area contributed by atoms with E-state index in [9.17, 15) is 9.59 Å². The predicted octanol–water partition coefficient (Wildman–Crippen LogP) is 4.56. The second kappa shape index (κ2) is 7.49. The van der Waals surface area contributed by atoms with Gasteiger partial charge in [0, 0.05) is 16.6 Å². The van der Waals surface area contributed by atoms with Crippen LogP contribution in [0.15, 0.2) is 65.7 Å². The molecule has 1 atom stereocenters. The highest BCUT2D eigenvalue weighted by atomic mass is 32.2. The van der Waals surface area contributed by atoms with Crippen molar-refractivity contribution in [2.45, 2.75) is 24.1 Å². The number of carbonyl (C=O) groups is 2. The van der Waals surface area contributed by atoms with E-state index in [0.29, 0.717) is 11.3 Å². The number of Topliss-reactive ketones (excluding diaryl/α,β-unsaturated/α-hetero) is 1. The molecule has 5 heteroatoms. The van der Waals surface area contributed by atoms with E-state index in [1.807, 2.05) is 43.3 Å². The Kier molecular flexibility index (Phi) is 5.14. The maximum Gasteiger partial charge on any atom is 0.237 e. The van der Waals surface area contributed by atoms with Gasteiger partial charge < -0.3 is 5.32 Å². The minimum atomic E-state index is -0.291. The molecule has 25 heavy (non-hydrogen) atoms. The molecule has 3 aromatic rings. The molecule has 126 valence electrons. The first kappa shape index (κ1) is 17.2. The molecule has 2 aromatic carbocycles. The molecular formula is C20H18N2O2S. The number of nitrogens with zero attached hydrogens (tertiary/aromatic N) is 1. The van der Waals surface area contributed by atoms with Gasteiger partial charge in [0.15, 0.2) is 5.78 Å². The van der Waals surface area contributed by atoms with Crippen LogP contribution in [0.25, 0.3) is 10.9 Å². The highest BCUT2D eigenvalue weighted by molar-refractivity contribution is 8.00. The molecule has 1 N–H and O–H groups in total. The number of anilines is 1. The van der Waals surface area contributed by atoms with Crippen molar-refractivity contribution in [3.8, 4) is 0 Å². The lowest BCUT2D eigenvalue weighted by atomic mass is 10.1. The van der Waals surface area contributed by atoms with Crippen LogP contribution < -0.4 is 5.32 Å². The number of para-hydroxylation sites is 1. The third-order valence-corrected chi connectivity index (χ3v) is 4.84. The molecular weight excluding hydrogens is 332 g/mol. The largest absolute Gasteiger partial charge is 0.325 e. The maximum atomic E-state index is 12.4. The van der Waals surface area contributed by atoms with Crippen LogP contribution in [-0.4, -0.2) is 21.9 Å². The standard InChI is InChI=1S/C20H18N2O2S/c1-13(23)15-7-10-17(11-8-15)21-20(24)14(2)25-19-12-9-16-5-3-4-6-18(16)22-19/h3-12,14H,1-2H3,(H,21,24). The summed E-state index contributed by atoms with van der Waals surface area (Å²) in [7, 11) is 0. The Bertz CT molecular complexity index is 922. The van der Waals surface area contributed by atoms with Crippen molar-refractivity contribution in [2.24, 2.45) is 0 Å². The first-order chi connectivity index (χ1) is 12.0. The van der Waals surface area contributed by atoms with E-state index in [2.05, 4.69) is 10.3 Å². The Morgan fingerprint density at radius 2 is 1.72 bits per heavy atom. The Morgan fingerprint density at radius 3 is 2.44 bits per heavy atom. The van der Waals surface area contributed by atoms with Crippen molar-refractivity contribution in [3.05, 3.63) is 66.2 Å². The van der Waals surface area contributed by atoms with E-state index in [-0.39, 0.29) is 16.9 Å². The van der Waals surface area contributed by atoms with Gasteiger partial charge >= 0.3 is 0 Å². The summed E-state index contributed by atoms with van der Waals surface area (Å²) in [5.74, 6) is -0.0975. The van der Waals surface area contributed by atoms with Crippen LogP contribution >= 0.6 is 11.8 Å². The van der Waals surface area contributed by atoms with Gasteiger partial charge in [-0.05, 0) is 50.2 Å². The van der Waals surface area contributed by atoms with Gasteiger partial charge in [0.05, 0.1) is 15.8 Å². The van der Waals surface area contributed by atoms with Crippen LogP contribution in [0.4, 0.5) is 5.69 Å². The van der Waals surface area contributed by atoms with Gasteiger partial charge in [-0.25, -0.2) is 4.98 Å². The van der Waals surface area contributed by atoms with Crippen molar-refractivity contribution >= 4 is 40.0 Å². The summed E-state index contributed by atoms with van der Waals surface area (Å²) in [5.41, 5.74) is 2.22. The summed E-state index contributed by atoms with van der Waals surface area (Å²) < 4.78 is 0. The van der Waals surface area contributed by atoms with E-state index < -0.39 is 0 Å². The molecule has 4 nitrogen and oxygen atoms in total. The third kappa shape index (κ3) is 4.25. The van der Waals surface area contributed by atoms with Gasteiger partial charge in [0.2, 0.25) is 5.91 Å². The first-order valence-corrected chi connectivity index (χ1v) is 8.85. The molecule has 1 unspecified atom stereocenters. The van der Waals surface area contributed by atoms with Crippen molar-refractivity contribution in [1.82, 2.24) is 4.98 Å². The molecule has 0 aliphatic rings. The number of ketones is 1. The number of fused-ring (bicyclic) bond motifs is 1. The van der Waals surface area contributed by atoms with E-state index in [0.717, 1.165) is 15.9 Å². The van der Waals surface area contributed by atoms with Gasteiger partial charge in [-0.3, -0.25) is 9.59 Å². The lowest BCUT2D eigenvalue weighted by Gasteiger charge is -2.12. The number of pyridine rings is 1. The lowest BCUT2D eigenvalue weighted by molar-refractivity contribution is -0.115. The zero-order valence-electron chi connectivity index (χ0n) is 14.0. The average Bonchev–Trinajstić information content (AvgIpc) is 2.62. The number of hydrogen-bond acceptors (Lipinski definition) is 4. The number of hydrogen-bond donors (Lipinski definition) is 1. The van der Waals surface area contributed by atoms with Crippen molar-refractivity contribution in [1.29, 1.82) is 0 Å². The number of thioether (sulfide) groups is 1. The van der Waals surface area contributed by atoms with Gasteiger partial charge in [-0.2, -0.15) is 0 Å². The number of rotatable bonds is 5. The molecule has 1 heterocycles. The number of aromatic nitrogens is 1. The van der Waals surface area contributed by atoms with E-state index in [1.54, 1.807) is 24.3 Å². The molecule has 0 saturated heterocycles. The molecule has 0 saturated carbocycles. The summed E-state index contributed by atoms with van der Waals surface area (Å²) in [5, 5.41) is 4.47. The fourth-order valence-corrected chi connectivity index (χ4v) is 3.21. The fraction of sp³-hybridized carbons (Fsp3) is 0.150. The Hall–Kier alpha value is -2.66. The number of carbonyl (C=O) groups excluding carboxylic acids is 2. The van der Waals surface area contributed by atoms with Gasteiger partial charge in [0.25, 0.3) is 0 Å². The fourth-order valence-electron chi connectivity index (χ4n) is 2.38. The van der Waals surface area contributed by atoms with Gasteiger partial charge in [0.1, 0.15) is 0 Å². The topological polar surface area (TPSA) is 59.1 Å². The summed E-state index contributed by atoms with van der Waals surface area (Å²) in [6.45, 7) is 3.36. The van der Waals surface area contributed by atoms with E-state index in [1.165, 1.54) is 18.7 Å². The highest BCUT2D eigenvalue weighted by Gasteiger charge is 2.15. The monoisotopic (exact) mass is 350 g/mol. The summed E-state index contributed by atoms with van der Waals surface area (Å²) in [6, 6.07) is 18.7. The van der Waals surface area contributed by atoms with Crippen LogP contribution in [0.3, 0.4) is 0 Å². The molecule has 1 amide bonds. The van der Waals surface area contributed by atoms with Crippen molar-refractivity contribution in [3.63, 3.8) is 0 Å². The molecule has 0 bridgehead atoms. The molecule has 0 aliphatic heterocycles.